The molecule has 0 unspecified atom stereocenters. The van der Waals surface area contributed by atoms with Gasteiger partial charge in [0.2, 0.25) is 5.91 Å². The first-order chi connectivity index (χ1) is 6.18. The normalized spacial score (nSPS) is 39.4. The van der Waals surface area contributed by atoms with Gasteiger partial charge < -0.3 is 10.0 Å². The monoisotopic (exact) mass is 183 g/mol. The summed E-state index contributed by atoms with van der Waals surface area (Å²) in [6.45, 7) is 3.24. The van der Waals surface area contributed by atoms with E-state index in [1.807, 2.05) is 4.90 Å². The van der Waals surface area contributed by atoms with Crippen molar-refractivity contribution in [1.82, 2.24) is 4.90 Å². The van der Waals surface area contributed by atoms with E-state index in [1.54, 1.807) is 0 Å². The average molecular weight is 183 g/mol. The van der Waals surface area contributed by atoms with Crippen molar-refractivity contribution in [2.24, 2.45) is 5.92 Å². The van der Waals surface area contributed by atoms with Crippen LogP contribution >= 0.6 is 0 Å². The second kappa shape index (κ2) is 2.98. The Morgan fingerprint density at radius 3 is 3.15 bits per heavy atom. The fraction of sp³-hybridized carbons (Fsp3) is 0.900. The molecule has 1 N–H and O–H groups in total. The number of hydrogen-bond donors (Lipinski definition) is 1. The Bertz CT molecular complexity index is 229. The van der Waals surface area contributed by atoms with Crippen LogP contribution in [0.5, 0.6) is 0 Å². The van der Waals surface area contributed by atoms with E-state index < -0.39 is 0 Å². The molecule has 0 radical (unpaired) electrons. The Morgan fingerprint density at radius 1 is 1.69 bits per heavy atom. The quantitative estimate of drug-likeness (QED) is 0.652. The molecule has 2 aliphatic rings. The second-order valence-corrected chi connectivity index (χ2v) is 4.42. The third kappa shape index (κ3) is 1.17. The van der Waals surface area contributed by atoms with Gasteiger partial charge in [-0.2, -0.15) is 0 Å². The molecule has 0 aromatic heterocycles. The van der Waals surface area contributed by atoms with E-state index in [4.69, 9.17) is 0 Å². The highest BCUT2D eigenvalue weighted by Crippen LogP contribution is 2.41. The number of hydrogen-bond acceptors (Lipinski definition) is 2. The first-order valence-corrected chi connectivity index (χ1v) is 5.10. The number of carbonyl (C=O) groups excluding carboxylic acids is 1. The van der Waals surface area contributed by atoms with Gasteiger partial charge in [0.25, 0.3) is 0 Å². The summed E-state index contributed by atoms with van der Waals surface area (Å²) in [7, 11) is 0. The van der Waals surface area contributed by atoms with Crippen molar-refractivity contribution in [2.45, 2.75) is 38.1 Å². The standard InChI is InChI=1S/C10H17NO2/c1-10-5-4-9(13)11(10)6-2-3-8(10)7-12/h8,12H,2-7H2,1H3/t8-,10-/m0/s1. The lowest BCUT2D eigenvalue weighted by Crippen LogP contribution is -2.53. The molecule has 0 aliphatic carbocycles. The first kappa shape index (κ1) is 9.00. The minimum absolute atomic E-state index is 0.0376. The molecule has 2 fully saturated rings. The Hall–Kier alpha value is -0.570. The van der Waals surface area contributed by atoms with E-state index in [-0.39, 0.29) is 18.1 Å². The zero-order valence-corrected chi connectivity index (χ0v) is 8.12. The van der Waals surface area contributed by atoms with Gasteiger partial charge in [-0.05, 0) is 26.2 Å². The molecule has 2 rings (SSSR count). The van der Waals surface area contributed by atoms with Gasteiger partial charge >= 0.3 is 0 Å². The molecule has 0 bridgehead atoms. The summed E-state index contributed by atoms with van der Waals surface area (Å²) in [5, 5.41) is 9.25. The Labute approximate surface area is 78.7 Å². The molecule has 74 valence electrons. The Balaban J connectivity index is 2.24. The van der Waals surface area contributed by atoms with Gasteiger partial charge in [-0.1, -0.05) is 0 Å². The van der Waals surface area contributed by atoms with Crippen LogP contribution in [0.2, 0.25) is 0 Å². The molecule has 0 saturated carbocycles. The lowest BCUT2D eigenvalue weighted by molar-refractivity contribution is -0.134. The van der Waals surface area contributed by atoms with Gasteiger partial charge in [0.05, 0.1) is 0 Å². The number of aliphatic hydroxyl groups excluding tert-OH is 1. The molecule has 0 spiro atoms. The van der Waals surface area contributed by atoms with Crippen LogP contribution in [0.25, 0.3) is 0 Å². The number of nitrogens with zero attached hydrogens (tertiary/aromatic N) is 1. The molecule has 3 nitrogen and oxygen atoms in total. The largest absolute Gasteiger partial charge is 0.396 e. The fourth-order valence-corrected chi connectivity index (χ4v) is 2.81. The zero-order chi connectivity index (χ0) is 9.47. The van der Waals surface area contributed by atoms with Crippen molar-refractivity contribution in [1.29, 1.82) is 0 Å². The predicted octanol–water partition coefficient (Wildman–Crippen LogP) is 0.770. The van der Waals surface area contributed by atoms with Crippen LogP contribution in [0.15, 0.2) is 0 Å². The van der Waals surface area contributed by atoms with Gasteiger partial charge in [-0.15, -0.1) is 0 Å². The van der Waals surface area contributed by atoms with Crippen molar-refractivity contribution in [3.05, 3.63) is 0 Å². The predicted molar refractivity (Wildman–Crippen MR) is 49.2 cm³/mol. The summed E-state index contributed by atoms with van der Waals surface area (Å²) in [5.41, 5.74) is -0.0376. The van der Waals surface area contributed by atoms with Gasteiger partial charge in [-0.25, -0.2) is 0 Å². The van der Waals surface area contributed by atoms with Crippen LogP contribution in [0.1, 0.15) is 32.6 Å². The van der Waals surface area contributed by atoms with Crippen molar-refractivity contribution in [3.63, 3.8) is 0 Å². The highest BCUT2D eigenvalue weighted by atomic mass is 16.3. The average Bonchev–Trinajstić information content (AvgIpc) is 2.43. The Kier molecular flexibility index (Phi) is 2.06. The van der Waals surface area contributed by atoms with Crippen LogP contribution < -0.4 is 0 Å². The molecule has 0 aromatic rings. The van der Waals surface area contributed by atoms with E-state index in [0.717, 1.165) is 25.8 Å². The number of carbonyl (C=O) groups is 1. The fourth-order valence-electron chi connectivity index (χ4n) is 2.81. The van der Waals surface area contributed by atoms with E-state index in [9.17, 15) is 9.90 Å². The molecule has 2 heterocycles. The van der Waals surface area contributed by atoms with Gasteiger partial charge in [-0.3, -0.25) is 4.79 Å². The lowest BCUT2D eigenvalue weighted by Gasteiger charge is -2.45. The summed E-state index contributed by atoms with van der Waals surface area (Å²) in [6.07, 6.45) is 3.72. The van der Waals surface area contributed by atoms with Gasteiger partial charge in [0.15, 0.2) is 0 Å². The van der Waals surface area contributed by atoms with E-state index >= 15 is 0 Å². The van der Waals surface area contributed by atoms with Crippen LogP contribution in [0.3, 0.4) is 0 Å². The molecular weight excluding hydrogens is 166 g/mol. The minimum atomic E-state index is -0.0376. The van der Waals surface area contributed by atoms with E-state index in [1.165, 1.54) is 0 Å². The van der Waals surface area contributed by atoms with Crippen LogP contribution in [0, 0.1) is 5.92 Å². The summed E-state index contributed by atoms with van der Waals surface area (Å²) < 4.78 is 0. The van der Waals surface area contributed by atoms with E-state index in [2.05, 4.69) is 6.92 Å². The summed E-state index contributed by atoms with van der Waals surface area (Å²) >= 11 is 0. The van der Waals surface area contributed by atoms with Crippen molar-refractivity contribution >= 4 is 5.91 Å². The lowest BCUT2D eigenvalue weighted by atomic mass is 9.78. The first-order valence-electron chi connectivity index (χ1n) is 5.10. The number of amides is 1. The number of piperidine rings is 1. The minimum Gasteiger partial charge on any atom is -0.396 e. The Morgan fingerprint density at radius 2 is 2.46 bits per heavy atom. The molecule has 1 amide bonds. The molecular formula is C10H17NO2. The third-order valence-electron chi connectivity index (χ3n) is 3.80. The third-order valence-corrected chi connectivity index (χ3v) is 3.80. The maximum atomic E-state index is 11.5. The molecule has 13 heavy (non-hydrogen) atoms. The van der Waals surface area contributed by atoms with Crippen LogP contribution in [-0.2, 0) is 4.79 Å². The van der Waals surface area contributed by atoms with Crippen molar-refractivity contribution in [2.75, 3.05) is 13.2 Å². The zero-order valence-electron chi connectivity index (χ0n) is 8.12. The SMILES string of the molecule is C[C@@]12CCC(=O)N1CCC[C@H]2CO. The number of rotatable bonds is 1. The topological polar surface area (TPSA) is 40.5 Å². The van der Waals surface area contributed by atoms with Crippen LogP contribution in [0.4, 0.5) is 0 Å². The molecule has 2 aliphatic heterocycles. The van der Waals surface area contributed by atoms with Crippen molar-refractivity contribution < 1.29 is 9.90 Å². The summed E-state index contributed by atoms with van der Waals surface area (Å²) in [6, 6.07) is 0. The van der Waals surface area contributed by atoms with E-state index in [0.29, 0.717) is 12.3 Å². The number of aliphatic hydroxyl groups is 1. The highest BCUT2D eigenvalue weighted by molar-refractivity contribution is 5.79. The molecule has 0 aromatic carbocycles. The number of fused-ring (bicyclic) bond motifs is 1. The second-order valence-electron chi connectivity index (χ2n) is 4.42. The smallest absolute Gasteiger partial charge is 0.223 e. The molecule has 3 heteroatoms. The maximum Gasteiger partial charge on any atom is 0.223 e. The highest BCUT2D eigenvalue weighted by Gasteiger charge is 2.48. The molecule has 2 saturated heterocycles. The van der Waals surface area contributed by atoms with Crippen molar-refractivity contribution in [3.8, 4) is 0 Å². The maximum absolute atomic E-state index is 11.5. The summed E-state index contributed by atoms with van der Waals surface area (Å²) in [4.78, 5) is 13.5. The summed E-state index contributed by atoms with van der Waals surface area (Å²) in [5.74, 6) is 0.577. The van der Waals surface area contributed by atoms with Gasteiger partial charge in [0, 0.05) is 31.0 Å². The van der Waals surface area contributed by atoms with Gasteiger partial charge in [0.1, 0.15) is 0 Å². The molecule has 2 atom stereocenters. The van der Waals surface area contributed by atoms with Crippen LogP contribution in [-0.4, -0.2) is 34.6 Å².